The van der Waals surface area contributed by atoms with Crippen molar-refractivity contribution >= 4 is 34.0 Å². The molecule has 3 N–H and O–H groups in total. The minimum absolute atomic E-state index is 0.0707. The molecule has 4 heterocycles. The lowest BCUT2D eigenvalue weighted by Crippen LogP contribution is -2.37. The molecule has 7 rings (SSSR count). The average molecular weight is 674 g/mol. The van der Waals surface area contributed by atoms with Crippen molar-refractivity contribution in [1.29, 1.82) is 0 Å². The molecule has 0 spiro atoms. The Kier molecular flexibility index (Phi) is 8.54. The summed E-state index contributed by atoms with van der Waals surface area (Å²) in [6.45, 7) is 12.7. The Labute approximate surface area is 292 Å². The molecule has 2 aliphatic rings. The number of imidazole rings is 2. The van der Waals surface area contributed by atoms with Crippen LogP contribution in [0.15, 0.2) is 60.8 Å². The van der Waals surface area contributed by atoms with Gasteiger partial charge in [0.25, 0.3) is 5.82 Å². The number of hydrogen-bond acceptors (Lipinski definition) is 5. The van der Waals surface area contributed by atoms with Gasteiger partial charge in [0.05, 0.1) is 17.1 Å². The number of aromatic amines is 3. The van der Waals surface area contributed by atoms with Crippen LogP contribution in [-0.2, 0) is 9.47 Å². The molecule has 2 aromatic heterocycles. The van der Waals surface area contributed by atoms with Crippen LogP contribution in [0.4, 0.5) is 9.59 Å². The van der Waals surface area contributed by atoms with Crippen LogP contribution < -0.4 is 4.98 Å². The Morgan fingerprint density at radius 1 is 0.800 bits per heavy atom. The van der Waals surface area contributed by atoms with Gasteiger partial charge < -0.3 is 14.5 Å². The number of rotatable bonds is 3. The number of fused-ring (bicyclic) bond motifs is 3. The van der Waals surface area contributed by atoms with E-state index in [1.165, 1.54) is 0 Å². The summed E-state index contributed by atoms with van der Waals surface area (Å²) in [5.41, 5.74) is 4.55. The van der Waals surface area contributed by atoms with E-state index in [0.717, 1.165) is 81.5 Å². The third-order valence-corrected chi connectivity index (χ3v) is 9.09. The molecule has 3 aromatic carbocycles. The van der Waals surface area contributed by atoms with Gasteiger partial charge in [-0.15, -0.1) is 0 Å². The van der Waals surface area contributed by atoms with Crippen LogP contribution in [0.5, 0.6) is 0 Å². The molecule has 0 saturated carbocycles. The van der Waals surface area contributed by atoms with Gasteiger partial charge >= 0.3 is 12.2 Å². The summed E-state index contributed by atoms with van der Waals surface area (Å²) in [6, 6.07) is 18.2. The molecule has 50 heavy (non-hydrogen) atoms. The topological polar surface area (TPSA) is 118 Å². The largest absolute Gasteiger partial charge is 0.444 e. The fourth-order valence-corrected chi connectivity index (χ4v) is 6.83. The summed E-state index contributed by atoms with van der Waals surface area (Å²) in [5, 5.41) is 2.09. The molecule has 258 valence electrons. The lowest BCUT2D eigenvalue weighted by Gasteiger charge is -2.27. The van der Waals surface area contributed by atoms with Crippen molar-refractivity contribution in [3.8, 4) is 23.1 Å². The summed E-state index contributed by atoms with van der Waals surface area (Å²) >= 11 is 0. The Morgan fingerprint density at radius 3 is 2.10 bits per heavy atom. The molecule has 0 bridgehead atoms. The standard InChI is InChI=1S/C40H44N6O4/c1-39(2,3)49-37(47)45-21-7-9-32(45)35-41-24-31(43-35)27-16-13-25(14-17-27)11-12-26-15-19-29-28(23-26)18-20-30-34(29)44-36(42-30)33-10-8-22-46(33)38(48)50-40(4,5)6/h13-20,23-24,32-33H,7-10,21-22H2,1-6H3,(H,41,43)(H,42,44)/p+1/t32-,33-/m0/s1. The summed E-state index contributed by atoms with van der Waals surface area (Å²) < 4.78 is 11.3. The summed E-state index contributed by atoms with van der Waals surface area (Å²) in [4.78, 5) is 44.6. The molecular weight excluding hydrogens is 628 g/mol. The van der Waals surface area contributed by atoms with Crippen molar-refractivity contribution in [3.05, 3.63) is 83.6 Å². The summed E-state index contributed by atoms with van der Waals surface area (Å²) in [6.07, 6.45) is 4.93. The smallest absolute Gasteiger partial charge is 0.411 e. The molecule has 2 atom stereocenters. The third kappa shape index (κ3) is 7.04. The molecule has 0 aliphatic carbocycles. The number of ether oxygens (including phenoxy) is 2. The molecular formula is C40H45N6O4+. The second-order valence-corrected chi connectivity index (χ2v) is 15.3. The highest BCUT2D eigenvalue weighted by Crippen LogP contribution is 2.35. The van der Waals surface area contributed by atoms with Crippen molar-refractivity contribution < 1.29 is 24.0 Å². The fraction of sp³-hybridized carbons (Fsp3) is 0.400. The summed E-state index contributed by atoms with van der Waals surface area (Å²) in [7, 11) is 0. The highest BCUT2D eigenvalue weighted by molar-refractivity contribution is 6.04. The number of benzene rings is 3. The van der Waals surface area contributed by atoms with E-state index >= 15 is 0 Å². The van der Waals surface area contributed by atoms with E-state index in [0.29, 0.717) is 13.1 Å². The SMILES string of the molecule is CC(C)(C)OC(=O)N1CCC[C@H]1c1nc2c(ccc3cc(C#Cc4ccc(-c5c[nH+]c([C@@H]6CCCN6C(=O)OC(C)(C)C)[nH]5)cc4)ccc32)[nH]1. The quantitative estimate of drug-likeness (QED) is 0.188. The second-order valence-electron chi connectivity index (χ2n) is 15.3. The molecule has 2 aliphatic heterocycles. The second kappa shape index (κ2) is 12.9. The number of aromatic nitrogens is 4. The molecule has 2 amide bonds. The molecule has 5 aromatic rings. The Balaban J connectivity index is 1.05. The van der Waals surface area contributed by atoms with Crippen molar-refractivity contribution in [2.75, 3.05) is 13.1 Å². The first-order chi connectivity index (χ1) is 23.8. The summed E-state index contributed by atoms with van der Waals surface area (Å²) in [5.74, 6) is 8.31. The monoisotopic (exact) mass is 673 g/mol. The van der Waals surface area contributed by atoms with Gasteiger partial charge in [-0.25, -0.2) is 24.5 Å². The van der Waals surface area contributed by atoms with E-state index in [9.17, 15) is 9.59 Å². The molecule has 10 nitrogen and oxygen atoms in total. The van der Waals surface area contributed by atoms with Crippen LogP contribution >= 0.6 is 0 Å². The van der Waals surface area contributed by atoms with Gasteiger partial charge in [0.2, 0.25) is 0 Å². The first kappa shape index (κ1) is 33.2. The van der Waals surface area contributed by atoms with Crippen molar-refractivity contribution in [2.45, 2.75) is 90.5 Å². The van der Waals surface area contributed by atoms with Crippen LogP contribution in [-0.4, -0.2) is 61.2 Å². The number of carbonyl (C=O) groups excluding carboxylic acids is 2. The number of H-pyrrole nitrogens is 3. The number of amides is 2. The zero-order valence-corrected chi connectivity index (χ0v) is 29.6. The minimum atomic E-state index is -0.547. The lowest BCUT2D eigenvalue weighted by atomic mass is 10.1. The van der Waals surface area contributed by atoms with E-state index in [-0.39, 0.29) is 24.3 Å². The van der Waals surface area contributed by atoms with Gasteiger partial charge in [-0.2, -0.15) is 0 Å². The third-order valence-electron chi connectivity index (χ3n) is 9.09. The molecule has 0 radical (unpaired) electrons. The molecule has 2 saturated heterocycles. The van der Waals surface area contributed by atoms with E-state index < -0.39 is 11.2 Å². The zero-order chi connectivity index (χ0) is 35.2. The van der Waals surface area contributed by atoms with Crippen molar-refractivity contribution in [1.82, 2.24) is 24.8 Å². The zero-order valence-electron chi connectivity index (χ0n) is 29.6. The maximum atomic E-state index is 12.9. The Morgan fingerprint density at radius 2 is 1.42 bits per heavy atom. The van der Waals surface area contributed by atoms with Gasteiger partial charge in [0, 0.05) is 35.2 Å². The molecule has 10 heteroatoms. The number of nitrogens with zero attached hydrogens (tertiary/aromatic N) is 3. The van der Waals surface area contributed by atoms with Crippen LogP contribution in [0.3, 0.4) is 0 Å². The maximum absolute atomic E-state index is 12.9. The van der Waals surface area contributed by atoms with Crippen LogP contribution in [0, 0.1) is 11.8 Å². The van der Waals surface area contributed by atoms with E-state index in [1.54, 1.807) is 9.80 Å². The first-order valence-electron chi connectivity index (χ1n) is 17.5. The predicted molar refractivity (Wildman–Crippen MR) is 192 cm³/mol. The Hall–Kier alpha value is -5.30. The number of carbonyl (C=O) groups is 2. The van der Waals surface area contributed by atoms with E-state index in [1.807, 2.05) is 84.1 Å². The predicted octanol–water partition coefficient (Wildman–Crippen LogP) is 8.07. The van der Waals surface area contributed by atoms with Gasteiger partial charge in [0.1, 0.15) is 29.3 Å². The molecule has 2 fully saturated rings. The Bertz CT molecular complexity index is 2120. The van der Waals surface area contributed by atoms with Crippen LogP contribution in [0.1, 0.15) is 102 Å². The molecule has 0 unspecified atom stereocenters. The normalized spacial score (nSPS) is 18.0. The maximum Gasteiger partial charge on any atom is 0.411 e. The number of likely N-dealkylation sites (tertiary alicyclic amines) is 2. The van der Waals surface area contributed by atoms with Crippen molar-refractivity contribution in [2.24, 2.45) is 0 Å². The average Bonchev–Trinajstić information content (AvgIpc) is 3.87. The highest BCUT2D eigenvalue weighted by atomic mass is 16.6. The van der Waals surface area contributed by atoms with Crippen LogP contribution in [0.2, 0.25) is 0 Å². The van der Waals surface area contributed by atoms with Gasteiger partial charge in [-0.1, -0.05) is 24.0 Å². The number of nitrogens with one attached hydrogen (secondary N) is 3. The lowest BCUT2D eigenvalue weighted by molar-refractivity contribution is -0.393. The van der Waals surface area contributed by atoms with E-state index in [2.05, 4.69) is 45.0 Å². The first-order valence-corrected chi connectivity index (χ1v) is 17.5. The number of hydrogen-bond donors (Lipinski definition) is 2. The van der Waals surface area contributed by atoms with E-state index in [4.69, 9.17) is 14.5 Å². The van der Waals surface area contributed by atoms with Crippen molar-refractivity contribution in [3.63, 3.8) is 0 Å². The van der Waals surface area contributed by atoms with Gasteiger partial charge in [0.15, 0.2) is 5.69 Å². The van der Waals surface area contributed by atoms with Gasteiger partial charge in [-0.05, 0) is 115 Å². The fourth-order valence-electron chi connectivity index (χ4n) is 6.83. The minimum Gasteiger partial charge on any atom is -0.444 e. The highest BCUT2D eigenvalue weighted by Gasteiger charge is 2.38. The van der Waals surface area contributed by atoms with Crippen LogP contribution in [0.25, 0.3) is 33.1 Å². The van der Waals surface area contributed by atoms with Gasteiger partial charge in [-0.3, -0.25) is 9.80 Å².